The highest BCUT2D eigenvalue weighted by molar-refractivity contribution is 6.74. The van der Waals surface area contributed by atoms with Gasteiger partial charge in [-0.3, -0.25) is 4.90 Å². The summed E-state index contributed by atoms with van der Waals surface area (Å²) < 4.78 is 25.6. The van der Waals surface area contributed by atoms with E-state index in [4.69, 9.17) is 18.6 Å². The van der Waals surface area contributed by atoms with Gasteiger partial charge in [-0.05, 0) is 34.8 Å². The molecule has 1 saturated heterocycles. The van der Waals surface area contributed by atoms with Crippen molar-refractivity contribution in [3.63, 3.8) is 0 Å². The minimum absolute atomic E-state index is 0.0236. The van der Waals surface area contributed by atoms with Crippen LogP contribution >= 0.6 is 0 Å². The number of likely N-dealkylation sites (tertiary alicyclic amines) is 1. The molecule has 1 heterocycles. The van der Waals surface area contributed by atoms with Gasteiger partial charge >= 0.3 is 6.09 Å². The lowest BCUT2D eigenvalue weighted by Gasteiger charge is -2.38. The van der Waals surface area contributed by atoms with Gasteiger partial charge in [-0.25, -0.2) is 4.79 Å². The fraction of sp³-hybridized carbons (Fsp3) is 0.441. The zero-order chi connectivity index (χ0) is 30.2. The molecule has 0 bridgehead atoms. The van der Waals surface area contributed by atoms with Crippen molar-refractivity contribution in [2.45, 2.75) is 83.0 Å². The molecular formula is C34H45NO6Si. The van der Waals surface area contributed by atoms with Gasteiger partial charge in [-0.15, -0.1) is 0 Å². The van der Waals surface area contributed by atoms with Crippen molar-refractivity contribution >= 4 is 14.4 Å². The summed E-state index contributed by atoms with van der Waals surface area (Å²) in [6, 6.07) is 28.2. The predicted octanol–water partition coefficient (Wildman–Crippen LogP) is 6.56. The van der Waals surface area contributed by atoms with Crippen LogP contribution in [0.3, 0.4) is 0 Å². The molecule has 3 aromatic rings. The van der Waals surface area contributed by atoms with E-state index in [1.54, 1.807) is 4.90 Å². The molecular weight excluding hydrogens is 546 g/mol. The quantitative estimate of drug-likeness (QED) is 0.240. The first-order chi connectivity index (χ1) is 20.1. The summed E-state index contributed by atoms with van der Waals surface area (Å²) in [6.07, 6.45) is -1.68. The van der Waals surface area contributed by atoms with Gasteiger partial charge < -0.3 is 23.7 Å². The van der Waals surface area contributed by atoms with Crippen LogP contribution in [0, 0.1) is 0 Å². The molecule has 7 nitrogen and oxygen atoms in total. The largest absolute Gasteiger partial charge is 0.445 e. The fourth-order valence-electron chi connectivity index (χ4n) is 4.89. The second-order valence-corrected chi connectivity index (χ2v) is 17.2. The van der Waals surface area contributed by atoms with Crippen molar-refractivity contribution in [3.05, 3.63) is 108 Å². The molecule has 4 atom stereocenters. The van der Waals surface area contributed by atoms with E-state index in [1.807, 2.05) is 91.0 Å². The van der Waals surface area contributed by atoms with Crippen molar-refractivity contribution < 1.29 is 28.5 Å². The predicted molar refractivity (Wildman–Crippen MR) is 166 cm³/mol. The number of carbonyl (C=O) groups excluding carboxylic acids is 1. The first-order valence-electron chi connectivity index (χ1n) is 14.7. The normalized spacial score (nSPS) is 21.0. The number of benzene rings is 3. The van der Waals surface area contributed by atoms with Crippen LogP contribution < -0.4 is 0 Å². The molecule has 1 amide bonds. The molecule has 42 heavy (non-hydrogen) atoms. The summed E-state index contributed by atoms with van der Waals surface area (Å²) in [4.78, 5) is 15.4. The van der Waals surface area contributed by atoms with E-state index in [9.17, 15) is 9.90 Å². The van der Waals surface area contributed by atoms with Crippen LogP contribution in [0.25, 0.3) is 0 Å². The van der Waals surface area contributed by atoms with Crippen molar-refractivity contribution in [2.24, 2.45) is 0 Å². The molecule has 1 aliphatic heterocycles. The summed E-state index contributed by atoms with van der Waals surface area (Å²) in [5.74, 6) is 0. The lowest BCUT2D eigenvalue weighted by atomic mass is 10.1. The highest BCUT2D eigenvalue weighted by Gasteiger charge is 2.54. The molecule has 3 aromatic carbocycles. The highest BCUT2D eigenvalue weighted by Crippen LogP contribution is 2.39. The number of hydrogen-bond donors (Lipinski definition) is 1. The number of carbonyl (C=O) groups is 1. The first-order valence-corrected chi connectivity index (χ1v) is 17.6. The third kappa shape index (κ3) is 8.08. The Morgan fingerprint density at radius 3 is 1.60 bits per heavy atom. The Balaban J connectivity index is 1.65. The first kappa shape index (κ1) is 31.9. The monoisotopic (exact) mass is 591 g/mol. The molecule has 0 aliphatic carbocycles. The van der Waals surface area contributed by atoms with Crippen LogP contribution in [0.15, 0.2) is 91.0 Å². The summed E-state index contributed by atoms with van der Waals surface area (Å²) in [7, 11) is -2.19. The van der Waals surface area contributed by atoms with Crippen molar-refractivity contribution in [3.8, 4) is 0 Å². The average molecular weight is 592 g/mol. The fourth-order valence-corrected chi connectivity index (χ4v) is 5.91. The molecule has 0 unspecified atom stereocenters. The van der Waals surface area contributed by atoms with Crippen molar-refractivity contribution in [1.82, 2.24) is 4.90 Å². The number of nitrogens with zero attached hydrogens (tertiary/aromatic N) is 1. The number of rotatable bonds is 12. The molecule has 1 N–H and O–H groups in total. The smallest absolute Gasteiger partial charge is 0.410 e. The van der Waals surface area contributed by atoms with Crippen LogP contribution in [0.4, 0.5) is 4.79 Å². The molecule has 0 saturated carbocycles. The molecule has 4 rings (SSSR count). The number of aliphatic hydroxyl groups excluding tert-OH is 1. The Labute approximate surface area is 251 Å². The molecule has 0 aromatic heterocycles. The van der Waals surface area contributed by atoms with Gasteiger partial charge in [0.25, 0.3) is 0 Å². The van der Waals surface area contributed by atoms with Gasteiger partial charge in [0.1, 0.15) is 18.8 Å². The minimum Gasteiger partial charge on any atom is -0.445 e. The minimum atomic E-state index is -2.19. The van der Waals surface area contributed by atoms with E-state index in [0.29, 0.717) is 13.2 Å². The lowest BCUT2D eigenvalue weighted by molar-refractivity contribution is -0.0852. The Hall–Kier alpha value is -3.01. The standard InChI is InChI=1S/C34H45NO6Si/c1-34(2,3)42(4,5)41-25-30-32(39-23-27-17-11-7-12-18-27)31(38-22-26-15-9-6-10-16-26)29(21-36)35(30)33(37)40-24-28-19-13-8-14-20-28/h6-20,29-32,36H,21-25H2,1-5H3/t29-,30+,31+,32+/m0/s1. The highest BCUT2D eigenvalue weighted by atomic mass is 28.4. The van der Waals surface area contributed by atoms with E-state index in [1.165, 1.54) is 0 Å². The molecule has 0 spiro atoms. The molecule has 1 aliphatic rings. The zero-order valence-corrected chi connectivity index (χ0v) is 26.4. The number of aliphatic hydroxyl groups is 1. The van der Waals surface area contributed by atoms with Crippen LogP contribution in [-0.2, 0) is 38.5 Å². The van der Waals surface area contributed by atoms with E-state index in [-0.39, 0.29) is 24.9 Å². The summed E-state index contributed by atoms with van der Waals surface area (Å²) in [5, 5.41) is 10.7. The maximum absolute atomic E-state index is 13.8. The lowest BCUT2D eigenvalue weighted by Crippen LogP contribution is -2.50. The van der Waals surface area contributed by atoms with Gasteiger partial charge in [0, 0.05) is 0 Å². The topological polar surface area (TPSA) is 77.5 Å². The Kier molecular flexibility index (Phi) is 11.0. The third-order valence-electron chi connectivity index (χ3n) is 8.39. The Bertz CT molecular complexity index is 1240. The van der Waals surface area contributed by atoms with Gasteiger partial charge in [-0.1, -0.05) is 112 Å². The Morgan fingerprint density at radius 1 is 0.738 bits per heavy atom. The zero-order valence-electron chi connectivity index (χ0n) is 25.4. The van der Waals surface area contributed by atoms with E-state index >= 15 is 0 Å². The van der Waals surface area contributed by atoms with Crippen LogP contribution in [0.5, 0.6) is 0 Å². The van der Waals surface area contributed by atoms with Gasteiger partial charge in [-0.2, -0.15) is 0 Å². The van der Waals surface area contributed by atoms with Crippen molar-refractivity contribution in [1.29, 1.82) is 0 Å². The van der Waals surface area contributed by atoms with Crippen molar-refractivity contribution in [2.75, 3.05) is 13.2 Å². The summed E-state index contributed by atoms with van der Waals surface area (Å²) in [5.41, 5.74) is 2.89. The number of ether oxygens (including phenoxy) is 3. The number of amides is 1. The molecule has 226 valence electrons. The Morgan fingerprint density at radius 2 is 1.17 bits per heavy atom. The van der Waals surface area contributed by atoms with E-state index in [0.717, 1.165) is 16.7 Å². The molecule has 0 radical (unpaired) electrons. The van der Waals surface area contributed by atoms with Crippen LogP contribution in [0.2, 0.25) is 18.1 Å². The molecule has 8 heteroatoms. The average Bonchev–Trinajstić information content (AvgIpc) is 3.30. The van der Waals surface area contributed by atoms with Crippen LogP contribution in [0.1, 0.15) is 37.5 Å². The third-order valence-corrected chi connectivity index (χ3v) is 12.9. The molecule has 1 fully saturated rings. The van der Waals surface area contributed by atoms with E-state index < -0.39 is 38.7 Å². The maximum Gasteiger partial charge on any atom is 0.410 e. The second-order valence-electron chi connectivity index (χ2n) is 12.4. The van der Waals surface area contributed by atoms with E-state index in [2.05, 4.69) is 33.9 Å². The van der Waals surface area contributed by atoms with Gasteiger partial charge in [0.05, 0.1) is 38.5 Å². The number of hydrogen-bond acceptors (Lipinski definition) is 6. The van der Waals surface area contributed by atoms with Gasteiger partial charge in [0.15, 0.2) is 8.32 Å². The SMILES string of the molecule is CC(C)(C)[Si](C)(C)OC[C@@H]1[C@@H](OCc2ccccc2)[C@H](OCc2ccccc2)[C@H](CO)N1C(=O)OCc1ccccc1. The van der Waals surface area contributed by atoms with Crippen LogP contribution in [-0.4, -0.2) is 61.9 Å². The second kappa shape index (κ2) is 14.4. The van der Waals surface area contributed by atoms with Gasteiger partial charge in [0.2, 0.25) is 0 Å². The maximum atomic E-state index is 13.8. The summed E-state index contributed by atoms with van der Waals surface area (Å²) >= 11 is 0. The summed E-state index contributed by atoms with van der Waals surface area (Å²) in [6.45, 7) is 11.6.